The van der Waals surface area contributed by atoms with Gasteiger partial charge in [0.25, 0.3) is 11.6 Å². The smallest absolute Gasteiger partial charge is 0.338 e. The van der Waals surface area contributed by atoms with E-state index in [2.05, 4.69) is 10.3 Å². The summed E-state index contributed by atoms with van der Waals surface area (Å²) in [6.07, 6.45) is 1.09. The van der Waals surface area contributed by atoms with Gasteiger partial charge in [0.2, 0.25) is 0 Å². The number of nitro groups is 1. The molecular formula is C11H9N3O5S. The zero-order chi connectivity index (χ0) is 14.9. The molecular weight excluding hydrogens is 286 g/mol. The van der Waals surface area contributed by atoms with Gasteiger partial charge in [-0.25, -0.2) is 4.79 Å². The average Bonchev–Trinajstić information content (AvgIpc) is 2.95. The summed E-state index contributed by atoms with van der Waals surface area (Å²) in [6.45, 7) is 1.71. The van der Waals surface area contributed by atoms with Crippen LogP contribution in [0.15, 0.2) is 18.3 Å². The lowest BCUT2D eigenvalue weighted by Crippen LogP contribution is -2.13. The van der Waals surface area contributed by atoms with Crippen LogP contribution in [0.2, 0.25) is 0 Å². The predicted molar refractivity (Wildman–Crippen MR) is 71.4 cm³/mol. The van der Waals surface area contributed by atoms with E-state index < -0.39 is 16.8 Å². The summed E-state index contributed by atoms with van der Waals surface area (Å²) in [5, 5.41) is 22.1. The molecule has 1 amide bonds. The number of H-pyrrole nitrogens is 1. The number of anilines is 1. The van der Waals surface area contributed by atoms with Crippen LogP contribution in [0.5, 0.6) is 0 Å². The van der Waals surface area contributed by atoms with Crippen molar-refractivity contribution in [3.05, 3.63) is 44.6 Å². The summed E-state index contributed by atoms with van der Waals surface area (Å²) in [5.41, 5.74) is -0.267. The van der Waals surface area contributed by atoms with Crippen molar-refractivity contribution in [3.63, 3.8) is 0 Å². The Hall–Kier alpha value is -2.68. The molecule has 2 aromatic heterocycles. The summed E-state index contributed by atoms with van der Waals surface area (Å²) in [7, 11) is 0. The summed E-state index contributed by atoms with van der Waals surface area (Å²) < 4.78 is 0. The van der Waals surface area contributed by atoms with E-state index >= 15 is 0 Å². The number of aromatic carboxylic acids is 1. The lowest BCUT2D eigenvalue weighted by atomic mass is 10.3. The number of thiophene rings is 1. The van der Waals surface area contributed by atoms with E-state index in [4.69, 9.17) is 5.11 Å². The van der Waals surface area contributed by atoms with Gasteiger partial charge in [-0.2, -0.15) is 0 Å². The first kappa shape index (κ1) is 13.7. The number of carboxylic acid groups (broad SMARTS) is 1. The monoisotopic (exact) mass is 295 g/mol. The van der Waals surface area contributed by atoms with Gasteiger partial charge in [0.15, 0.2) is 0 Å². The maximum Gasteiger partial charge on any atom is 0.338 e. The second-order valence-corrected chi connectivity index (χ2v) is 5.14. The minimum atomic E-state index is -1.15. The quantitative estimate of drug-likeness (QED) is 0.589. The molecule has 2 heterocycles. The highest BCUT2D eigenvalue weighted by Gasteiger charge is 2.19. The number of nitrogens with zero attached hydrogens (tertiary/aromatic N) is 1. The first-order valence-electron chi connectivity index (χ1n) is 5.36. The van der Waals surface area contributed by atoms with Crippen LogP contribution in [-0.2, 0) is 0 Å². The fraction of sp³-hybridized carbons (Fsp3) is 0.0909. The molecule has 20 heavy (non-hydrogen) atoms. The molecule has 0 aliphatic carbocycles. The molecule has 0 aromatic carbocycles. The van der Waals surface area contributed by atoms with Crippen molar-refractivity contribution in [1.29, 1.82) is 0 Å². The zero-order valence-electron chi connectivity index (χ0n) is 10.2. The number of hydrogen-bond donors (Lipinski definition) is 3. The van der Waals surface area contributed by atoms with Gasteiger partial charge in [-0.3, -0.25) is 14.9 Å². The highest BCUT2D eigenvalue weighted by atomic mass is 32.1. The lowest BCUT2D eigenvalue weighted by Gasteiger charge is -2.01. The number of carbonyl (C=O) groups is 2. The van der Waals surface area contributed by atoms with Crippen molar-refractivity contribution >= 4 is 33.9 Å². The third-order valence-corrected chi connectivity index (χ3v) is 3.40. The van der Waals surface area contributed by atoms with Gasteiger partial charge in [-0.05, 0) is 13.0 Å². The molecule has 0 saturated carbocycles. The van der Waals surface area contributed by atoms with Gasteiger partial charge in [-0.15, -0.1) is 11.3 Å². The van der Waals surface area contributed by atoms with Crippen LogP contribution in [0.25, 0.3) is 0 Å². The number of nitrogens with one attached hydrogen (secondary N) is 2. The SMILES string of the molecule is Cc1cc(C(=O)O)c(NC(=O)c2cc([N+](=O)[O-])c[nH]2)s1. The maximum atomic E-state index is 11.9. The molecule has 2 rings (SSSR count). The molecule has 0 spiro atoms. The number of aromatic nitrogens is 1. The molecule has 0 radical (unpaired) electrons. The Morgan fingerprint density at radius 1 is 1.45 bits per heavy atom. The summed E-state index contributed by atoms with van der Waals surface area (Å²) in [6, 6.07) is 2.52. The Morgan fingerprint density at radius 3 is 2.70 bits per heavy atom. The van der Waals surface area contributed by atoms with E-state index in [1.165, 1.54) is 6.07 Å². The molecule has 0 aliphatic heterocycles. The average molecular weight is 295 g/mol. The molecule has 0 fully saturated rings. The van der Waals surface area contributed by atoms with Crippen molar-refractivity contribution < 1.29 is 19.6 Å². The molecule has 0 unspecified atom stereocenters. The maximum absolute atomic E-state index is 11.9. The number of hydrogen-bond acceptors (Lipinski definition) is 5. The minimum Gasteiger partial charge on any atom is -0.478 e. The van der Waals surface area contributed by atoms with Crippen LogP contribution in [0, 0.1) is 17.0 Å². The Bertz CT molecular complexity index is 703. The molecule has 8 nitrogen and oxygen atoms in total. The van der Waals surface area contributed by atoms with Crippen LogP contribution in [0.4, 0.5) is 10.7 Å². The predicted octanol–water partition coefficient (Wildman–Crippen LogP) is 2.24. The first-order chi connectivity index (χ1) is 9.38. The Morgan fingerprint density at radius 2 is 2.15 bits per heavy atom. The third kappa shape index (κ3) is 2.67. The summed E-state index contributed by atoms with van der Waals surface area (Å²) >= 11 is 1.12. The number of rotatable bonds is 4. The van der Waals surface area contributed by atoms with Gasteiger partial charge < -0.3 is 15.4 Å². The second kappa shape index (κ2) is 5.13. The largest absolute Gasteiger partial charge is 0.478 e. The zero-order valence-corrected chi connectivity index (χ0v) is 11.0. The standard InChI is InChI=1S/C11H9N3O5S/c1-5-2-7(11(16)17)10(20-5)13-9(15)8-3-6(4-12-8)14(18)19/h2-4,12H,1H3,(H,13,15)(H,16,17). The Kier molecular flexibility index (Phi) is 3.53. The Labute approximate surface area is 116 Å². The third-order valence-electron chi connectivity index (χ3n) is 2.44. The molecule has 9 heteroatoms. The van der Waals surface area contributed by atoms with Crippen molar-refractivity contribution in [2.75, 3.05) is 5.32 Å². The summed E-state index contributed by atoms with van der Waals surface area (Å²) in [5.74, 6) is -1.79. The van der Waals surface area contributed by atoms with Gasteiger partial charge in [-0.1, -0.05) is 0 Å². The van der Waals surface area contributed by atoms with E-state index in [1.54, 1.807) is 6.92 Å². The van der Waals surface area contributed by atoms with Gasteiger partial charge in [0, 0.05) is 10.9 Å². The molecule has 2 aromatic rings. The van der Waals surface area contributed by atoms with Crippen molar-refractivity contribution in [2.45, 2.75) is 6.92 Å². The Balaban J connectivity index is 2.23. The van der Waals surface area contributed by atoms with Gasteiger partial charge in [0.05, 0.1) is 16.7 Å². The molecule has 3 N–H and O–H groups in total. The highest BCUT2D eigenvalue weighted by Crippen LogP contribution is 2.28. The van der Waals surface area contributed by atoms with Crippen molar-refractivity contribution in [1.82, 2.24) is 4.98 Å². The van der Waals surface area contributed by atoms with E-state index in [9.17, 15) is 19.7 Å². The van der Waals surface area contributed by atoms with Crippen LogP contribution in [0.1, 0.15) is 25.7 Å². The van der Waals surface area contributed by atoms with E-state index in [-0.39, 0.29) is 21.9 Å². The normalized spacial score (nSPS) is 10.2. The molecule has 0 saturated heterocycles. The highest BCUT2D eigenvalue weighted by molar-refractivity contribution is 7.16. The number of aromatic amines is 1. The number of carboxylic acids is 1. The van der Waals surface area contributed by atoms with Crippen LogP contribution in [0.3, 0.4) is 0 Å². The molecule has 0 atom stereocenters. The number of aryl methyl sites for hydroxylation is 1. The number of amides is 1. The van der Waals surface area contributed by atoms with Crippen molar-refractivity contribution in [2.24, 2.45) is 0 Å². The van der Waals surface area contributed by atoms with Gasteiger partial charge >= 0.3 is 5.97 Å². The van der Waals surface area contributed by atoms with Crippen LogP contribution < -0.4 is 5.32 Å². The van der Waals surface area contributed by atoms with Gasteiger partial charge in [0.1, 0.15) is 10.7 Å². The topological polar surface area (TPSA) is 125 Å². The number of carbonyl (C=O) groups excluding carboxylic acids is 1. The molecule has 104 valence electrons. The lowest BCUT2D eigenvalue weighted by molar-refractivity contribution is -0.384. The van der Waals surface area contributed by atoms with E-state index in [0.717, 1.165) is 28.5 Å². The first-order valence-corrected chi connectivity index (χ1v) is 6.18. The van der Waals surface area contributed by atoms with Crippen LogP contribution >= 0.6 is 11.3 Å². The molecule has 0 aliphatic rings. The summed E-state index contributed by atoms with van der Waals surface area (Å²) in [4.78, 5) is 36.0. The van der Waals surface area contributed by atoms with E-state index in [1.807, 2.05) is 0 Å². The fourth-order valence-corrected chi connectivity index (χ4v) is 2.45. The molecule has 0 bridgehead atoms. The van der Waals surface area contributed by atoms with Crippen LogP contribution in [-0.4, -0.2) is 26.9 Å². The van der Waals surface area contributed by atoms with Crippen molar-refractivity contribution in [3.8, 4) is 0 Å². The van der Waals surface area contributed by atoms with E-state index in [0.29, 0.717) is 0 Å². The minimum absolute atomic E-state index is 0.0121. The second-order valence-electron chi connectivity index (χ2n) is 3.89. The fourth-order valence-electron chi connectivity index (χ4n) is 1.56.